The van der Waals surface area contributed by atoms with Gasteiger partial charge in [-0.05, 0) is 46.0 Å². The number of halogens is 4. The van der Waals surface area contributed by atoms with E-state index in [9.17, 15) is 17.2 Å². The molecule has 1 aliphatic heterocycles. The molecule has 33 heavy (non-hydrogen) atoms. The molecule has 0 saturated carbocycles. The van der Waals surface area contributed by atoms with Crippen LogP contribution < -0.4 is 0 Å². The summed E-state index contributed by atoms with van der Waals surface area (Å²) in [5, 5.41) is 0.594. The van der Waals surface area contributed by atoms with Crippen molar-refractivity contribution in [3.8, 4) is 0 Å². The third-order valence-corrected chi connectivity index (χ3v) is 7.54. The molecule has 1 atom stereocenters. The monoisotopic (exact) mass is 507 g/mol. The molecule has 0 unspecified atom stereocenters. The van der Waals surface area contributed by atoms with Crippen LogP contribution in [0, 0.1) is 11.6 Å². The minimum atomic E-state index is -3.73. The minimum Gasteiger partial charge on any atom is -0.284 e. The van der Waals surface area contributed by atoms with Crippen LogP contribution in [0.4, 0.5) is 8.78 Å². The van der Waals surface area contributed by atoms with Gasteiger partial charge in [0.05, 0.1) is 10.9 Å². The Morgan fingerprint density at radius 1 is 1.00 bits per heavy atom. The van der Waals surface area contributed by atoms with Gasteiger partial charge in [0.15, 0.2) is 9.84 Å². The predicted octanol–water partition coefficient (Wildman–Crippen LogP) is 6.22. The Balaban J connectivity index is 1.75. The van der Waals surface area contributed by atoms with E-state index in [2.05, 4.69) is 4.90 Å². The van der Waals surface area contributed by atoms with Crippen molar-refractivity contribution in [1.29, 1.82) is 0 Å². The van der Waals surface area contributed by atoms with E-state index in [0.717, 1.165) is 41.1 Å². The standard InChI is InChI=1S/C25H21Cl2F2NO2S/c1-33(31,32)25(18-10-20(28)12-21(29)11-18)19-14-30(15-19)24(22-4-2-3-5-23(22)27)17-8-6-16(13-26)7-9-17/h2-12,24H,13-15H2,1H3/t24-/m1/s1. The van der Waals surface area contributed by atoms with Gasteiger partial charge >= 0.3 is 0 Å². The smallest absolute Gasteiger partial charge is 0.176 e. The summed E-state index contributed by atoms with van der Waals surface area (Å²) >= 11 is 12.4. The molecule has 0 amide bonds. The number of benzene rings is 3. The molecule has 0 radical (unpaired) electrons. The SMILES string of the molecule is CS(=O)(=O)C(=C1CN([C@H](c2ccc(CCl)cc2)c2ccccc2Cl)C1)c1cc(F)cc(F)c1. The topological polar surface area (TPSA) is 37.4 Å². The highest BCUT2D eigenvalue weighted by molar-refractivity contribution is 8.00. The molecule has 1 saturated heterocycles. The van der Waals surface area contributed by atoms with Crippen LogP contribution in [0.1, 0.15) is 28.3 Å². The number of hydrogen-bond acceptors (Lipinski definition) is 3. The molecule has 1 fully saturated rings. The number of rotatable bonds is 6. The summed E-state index contributed by atoms with van der Waals surface area (Å²) in [5.74, 6) is -1.25. The summed E-state index contributed by atoms with van der Waals surface area (Å²) in [6, 6.07) is 17.9. The first-order valence-electron chi connectivity index (χ1n) is 10.2. The minimum absolute atomic E-state index is 0.0189. The molecule has 0 aliphatic carbocycles. The fraction of sp³-hybridized carbons (Fsp3) is 0.200. The van der Waals surface area contributed by atoms with E-state index < -0.39 is 21.5 Å². The second kappa shape index (κ2) is 9.55. The van der Waals surface area contributed by atoms with Crippen LogP contribution in [-0.4, -0.2) is 32.7 Å². The number of sulfone groups is 1. The van der Waals surface area contributed by atoms with Crippen LogP contribution in [0.5, 0.6) is 0 Å². The lowest BCUT2D eigenvalue weighted by molar-refractivity contribution is 0.203. The van der Waals surface area contributed by atoms with E-state index in [1.54, 1.807) is 0 Å². The van der Waals surface area contributed by atoms with Crippen molar-refractivity contribution in [2.24, 2.45) is 0 Å². The summed E-state index contributed by atoms with van der Waals surface area (Å²) in [6.45, 7) is 0.626. The van der Waals surface area contributed by atoms with Gasteiger partial charge in [0, 0.05) is 36.3 Å². The molecule has 3 nitrogen and oxygen atoms in total. The average Bonchev–Trinajstić information content (AvgIpc) is 2.72. The van der Waals surface area contributed by atoms with Gasteiger partial charge in [0.2, 0.25) is 0 Å². The zero-order valence-electron chi connectivity index (χ0n) is 17.7. The molecule has 0 bridgehead atoms. The normalized spacial score (nSPS) is 15.2. The zero-order chi connectivity index (χ0) is 23.8. The van der Waals surface area contributed by atoms with Gasteiger partial charge in [0.25, 0.3) is 0 Å². The Bertz CT molecular complexity index is 1300. The van der Waals surface area contributed by atoms with Crippen LogP contribution >= 0.6 is 23.2 Å². The second-order valence-corrected chi connectivity index (χ2v) is 10.7. The Hall–Kier alpha value is -2.25. The summed E-state index contributed by atoms with van der Waals surface area (Å²) in [7, 11) is -3.73. The maximum absolute atomic E-state index is 13.8. The molecule has 0 N–H and O–H groups in total. The predicted molar refractivity (Wildman–Crippen MR) is 129 cm³/mol. The van der Waals surface area contributed by atoms with E-state index >= 15 is 0 Å². The fourth-order valence-electron chi connectivity index (χ4n) is 4.21. The maximum atomic E-state index is 13.8. The van der Waals surface area contributed by atoms with Crippen molar-refractivity contribution in [3.63, 3.8) is 0 Å². The van der Waals surface area contributed by atoms with Crippen LogP contribution in [-0.2, 0) is 15.7 Å². The fourth-order valence-corrected chi connectivity index (χ4v) is 5.83. The van der Waals surface area contributed by atoms with Crippen molar-refractivity contribution in [2.75, 3.05) is 19.3 Å². The quantitative estimate of drug-likeness (QED) is 0.371. The molecular weight excluding hydrogens is 487 g/mol. The van der Waals surface area contributed by atoms with Gasteiger partial charge in [-0.15, -0.1) is 11.6 Å². The van der Waals surface area contributed by atoms with Crippen LogP contribution in [0.25, 0.3) is 4.91 Å². The number of alkyl halides is 1. The largest absolute Gasteiger partial charge is 0.284 e. The van der Waals surface area contributed by atoms with Crippen LogP contribution in [0.2, 0.25) is 5.02 Å². The lowest BCUT2D eigenvalue weighted by Gasteiger charge is -2.42. The van der Waals surface area contributed by atoms with Crippen molar-refractivity contribution in [1.82, 2.24) is 4.90 Å². The van der Waals surface area contributed by atoms with Gasteiger partial charge in [0.1, 0.15) is 11.6 Å². The van der Waals surface area contributed by atoms with Gasteiger partial charge < -0.3 is 0 Å². The summed E-state index contributed by atoms with van der Waals surface area (Å²) in [5.41, 5.74) is 3.46. The highest BCUT2D eigenvalue weighted by Crippen LogP contribution is 2.40. The molecule has 3 aromatic rings. The highest BCUT2D eigenvalue weighted by atomic mass is 35.5. The first-order valence-corrected chi connectivity index (χ1v) is 13.0. The van der Waals surface area contributed by atoms with E-state index in [4.69, 9.17) is 23.2 Å². The lowest BCUT2D eigenvalue weighted by Crippen LogP contribution is -2.44. The first kappa shape index (κ1) is 23.9. The number of hydrogen-bond donors (Lipinski definition) is 0. The highest BCUT2D eigenvalue weighted by Gasteiger charge is 2.35. The summed E-state index contributed by atoms with van der Waals surface area (Å²) in [4.78, 5) is 2.04. The lowest BCUT2D eigenvalue weighted by atomic mass is 9.91. The molecule has 4 rings (SSSR count). The van der Waals surface area contributed by atoms with Gasteiger partial charge in [-0.1, -0.05) is 54.1 Å². The first-order chi connectivity index (χ1) is 15.7. The molecule has 0 spiro atoms. The van der Waals surface area contributed by atoms with Gasteiger partial charge in [-0.25, -0.2) is 17.2 Å². The molecular formula is C25H21Cl2F2NO2S. The number of likely N-dealkylation sites (tertiary alicyclic amines) is 1. The molecule has 3 aromatic carbocycles. The Kier molecular flexibility index (Phi) is 6.91. The van der Waals surface area contributed by atoms with Crippen molar-refractivity contribution in [3.05, 3.63) is 111 Å². The molecule has 0 aromatic heterocycles. The molecule has 1 heterocycles. The molecule has 8 heteroatoms. The Morgan fingerprint density at radius 2 is 1.61 bits per heavy atom. The third kappa shape index (κ3) is 5.14. The third-order valence-electron chi connectivity index (χ3n) is 5.62. The van der Waals surface area contributed by atoms with E-state index in [1.165, 1.54) is 0 Å². The number of nitrogens with zero attached hydrogens (tertiary/aromatic N) is 1. The van der Waals surface area contributed by atoms with E-state index in [-0.39, 0.29) is 16.5 Å². The Morgan fingerprint density at radius 3 is 2.15 bits per heavy atom. The van der Waals surface area contributed by atoms with E-state index in [0.29, 0.717) is 29.6 Å². The summed E-state index contributed by atoms with van der Waals surface area (Å²) < 4.78 is 52.8. The van der Waals surface area contributed by atoms with Crippen LogP contribution in [0.3, 0.4) is 0 Å². The molecule has 1 aliphatic rings. The van der Waals surface area contributed by atoms with Gasteiger partial charge in [-0.2, -0.15) is 0 Å². The molecule has 172 valence electrons. The Labute approximate surface area is 202 Å². The van der Waals surface area contributed by atoms with Crippen LogP contribution in [0.15, 0.2) is 72.3 Å². The van der Waals surface area contributed by atoms with Crippen molar-refractivity contribution >= 4 is 37.9 Å². The van der Waals surface area contributed by atoms with Crippen molar-refractivity contribution in [2.45, 2.75) is 11.9 Å². The second-order valence-electron chi connectivity index (χ2n) is 8.07. The zero-order valence-corrected chi connectivity index (χ0v) is 20.1. The van der Waals surface area contributed by atoms with Gasteiger partial charge in [-0.3, -0.25) is 4.90 Å². The average molecular weight is 508 g/mol. The van der Waals surface area contributed by atoms with Crippen molar-refractivity contribution < 1.29 is 17.2 Å². The summed E-state index contributed by atoms with van der Waals surface area (Å²) in [6.07, 6.45) is 1.05. The maximum Gasteiger partial charge on any atom is 0.176 e. The van der Waals surface area contributed by atoms with E-state index in [1.807, 2.05) is 48.5 Å².